The van der Waals surface area contributed by atoms with E-state index in [1.165, 1.54) is 0 Å². The quantitative estimate of drug-likeness (QED) is 0.104. The van der Waals surface area contributed by atoms with Gasteiger partial charge in [0.2, 0.25) is 0 Å². The van der Waals surface area contributed by atoms with Crippen LogP contribution < -0.4 is 9.47 Å². The highest BCUT2D eigenvalue weighted by Crippen LogP contribution is 2.33. The molecule has 222 valence electrons. The van der Waals surface area contributed by atoms with Crippen molar-refractivity contribution in [1.82, 2.24) is 0 Å². The van der Waals surface area contributed by atoms with Crippen LogP contribution in [-0.2, 0) is 0 Å². The Balaban J connectivity index is 1.74. The molecule has 0 saturated carbocycles. The van der Waals surface area contributed by atoms with E-state index in [0.29, 0.717) is 47.0 Å². The molecule has 0 fully saturated rings. The molecule has 6 heteroatoms. The van der Waals surface area contributed by atoms with Crippen molar-refractivity contribution in [3.63, 3.8) is 0 Å². The number of ether oxygens (including phenoxy) is 2. The molecule has 0 saturated heterocycles. The van der Waals surface area contributed by atoms with E-state index in [4.69, 9.17) is 9.47 Å². The van der Waals surface area contributed by atoms with Gasteiger partial charge < -0.3 is 19.7 Å². The van der Waals surface area contributed by atoms with Gasteiger partial charge in [-0.1, -0.05) is 62.1 Å². The van der Waals surface area contributed by atoms with E-state index in [-0.39, 0.29) is 11.1 Å². The monoisotopic (exact) mass is 570 g/mol. The fraction of sp³-hybridized carbons (Fsp3) is 0.333. The summed E-state index contributed by atoms with van der Waals surface area (Å²) in [5, 5.41) is 19.6. The number of carboxylic acids is 2. The maximum atomic E-state index is 12.0. The number of hydrogen-bond acceptors (Lipinski definition) is 4. The molecule has 3 aromatic rings. The number of aromatic carboxylic acids is 2. The molecule has 0 aliphatic heterocycles. The highest BCUT2D eigenvalue weighted by Gasteiger charge is 2.16. The highest BCUT2D eigenvalue weighted by atomic mass is 16.5. The molecule has 0 heterocycles. The molecule has 0 aliphatic rings. The van der Waals surface area contributed by atoms with Gasteiger partial charge in [0.05, 0.1) is 24.3 Å². The number of unbranched alkanes of at least 4 members (excludes halogenated alkanes) is 8. The molecule has 6 nitrogen and oxygen atoms in total. The number of carbonyl (C=O) groups is 2. The predicted molar refractivity (Wildman–Crippen MR) is 169 cm³/mol. The van der Waals surface area contributed by atoms with Crippen LogP contribution in [0.5, 0.6) is 11.5 Å². The van der Waals surface area contributed by atoms with E-state index in [1.54, 1.807) is 36.4 Å². The minimum atomic E-state index is -1.03. The van der Waals surface area contributed by atoms with Gasteiger partial charge in [0.1, 0.15) is 11.5 Å². The molecule has 3 aromatic carbocycles. The fourth-order valence-electron chi connectivity index (χ4n) is 4.77. The Bertz CT molecular complexity index is 1220. The van der Waals surface area contributed by atoms with Gasteiger partial charge >= 0.3 is 11.9 Å². The number of rotatable bonds is 20. The molecule has 3 rings (SSSR count). The molecule has 0 bridgehead atoms. The normalized spacial score (nSPS) is 10.7. The largest absolute Gasteiger partial charge is 0.494 e. The van der Waals surface area contributed by atoms with E-state index in [0.717, 1.165) is 64.2 Å². The zero-order valence-electron chi connectivity index (χ0n) is 24.4. The first-order valence-corrected chi connectivity index (χ1v) is 14.8. The molecule has 0 radical (unpaired) electrons. The van der Waals surface area contributed by atoms with Gasteiger partial charge in [-0.25, -0.2) is 9.59 Å². The van der Waals surface area contributed by atoms with Crippen LogP contribution in [0.1, 0.15) is 84.9 Å². The summed E-state index contributed by atoms with van der Waals surface area (Å²) in [7, 11) is 0. The average molecular weight is 571 g/mol. The van der Waals surface area contributed by atoms with Crippen LogP contribution in [-0.4, -0.2) is 35.4 Å². The fourth-order valence-corrected chi connectivity index (χ4v) is 4.77. The summed E-state index contributed by atoms with van der Waals surface area (Å²) in [5.41, 5.74) is 2.83. The Labute approximate surface area is 249 Å². The summed E-state index contributed by atoms with van der Waals surface area (Å²) in [6.45, 7) is 8.61. The molecule has 42 heavy (non-hydrogen) atoms. The number of hydrogen-bond donors (Lipinski definition) is 2. The van der Waals surface area contributed by atoms with Crippen LogP contribution in [0.2, 0.25) is 0 Å². The van der Waals surface area contributed by atoms with E-state index >= 15 is 0 Å². The Kier molecular flexibility index (Phi) is 13.4. The predicted octanol–water partition coefficient (Wildman–Crippen LogP) is 9.45. The van der Waals surface area contributed by atoms with E-state index in [9.17, 15) is 19.8 Å². The van der Waals surface area contributed by atoms with Crippen LogP contribution in [0.3, 0.4) is 0 Å². The Morgan fingerprint density at radius 2 is 0.952 bits per heavy atom. The van der Waals surface area contributed by atoms with Crippen LogP contribution in [0.25, 0.3) is 22.3 Å². The number of carboxylic acid groups (broad SMARTS) is 2. The van der Waals surface area contributed by atoms with Gasteiger partial charge in [0, 0.05) is 0 Å². The Morgan fingerprint density at radius 3 is 1.31 bits per heavy atom. The van der Waals surface area contributed by atoms with Crippen molar-refractivity contribution in [2.24, 2.45) is 0 Å². The lowest BCUT2D eigenvalue weighted by Gasteiger charge is -2.13. The molecular weight excluding hydrogens is 528 g/mol. The summed E-state index contributed by atoms with van der Waals surface area (Å²) >= 11 is 0. The second-order valence-corrected chi connectivity index (χ2v) is 10.3. The van der Waals surface area contributed by atoms with Crippen molar-refractivity contribution in [2.75, 3.05) is 13.2 Å². The van der Waals surface area contributed by atoms with E-state index in [1.807, 2.05) is 36.4 Å². The molecule has 0 amide bonds. The van der Waals surface area contributed by atoms with Crippen molar-refractivity contribution >= 4 is 11.9 Å². The van der Waals surface area contributed by atoms with Gasteiger partial charge in [-0.2, -0.15) is 0 Å². The first kappa shape index (κ1) is 32.2. The third-order valence-corrected chi connectivity index (χ3v) is 7.09. The second kappa shape index (κ2) is 17.5. The third-order valence-electron chi connectivity index (χ3n) is 7.09. The first-order chi connectivity index (χ1) is 20.4. The Hall–Kier alpha value is -4.32. The lowest BCUT2D eigenvalue weighted by atomic mass is 9.94. The molecule has 0 aliphatic carbocycles. The number of allylic oxidation sites excluding steroid dienone is 2. The summed E-state index contributed by atoms with van der Waals surface area (Å²) in [5.74, 6) is -0.823. The lowest BCUT2D eigenvalue weighted by Crippen LogP contribution is -2.03. The molecular formula is C36H42O6. The topological polar surface area (TPSA) is 93.1 Å². The van der Waals surface area contributed by atoms with Crippen molar-refractivity contribution in [3.05, 3.63) is 97.1 Å². The SMILES string of the molecule is C=CCCCCCCOc1ccc(C(=O)O)c(-c2ccc(-c3cc(OCCCCCCC=C)ccc3C(=O)O)cc2)c1. The molecule has 0 unspecified atom stereocenters. The zero-order valence-corrected chi connectivity index (χ0v) is 24.4. The summed E-state index contributed by atoms with van der Waals surface area (Å²) in [4.78, 5) is 24.0. The molecule has 0 spiro atoms. The summed E-state index contributed by atoms with van der Waals surface area (Å²) in [6, 6.07) is 17.2. The molecule has 2 N–H and O–H groups in total. The smallest absolute Gasteiger partial charge is 0.336 e. The van der Waals surface area contributed by atoms with E-state index < -0.39 is 11.9 Å². The van der Waals surface area contributed by atoms with Gasteiger partial charge in [-0.05, 0) is 97.2 Å². The van der Waals surface area contributed by atoms with Crippen LogP contribution >= 0.6 is 0 Å². The van der Waals surface area contributed by atoms with Crippen LogP contribution in [0.4, 0.5) is 0 Å². The number of benzene rings is 3. The average Bonchev–Trinajstić information content (AvgIpc) is 3.00. The van der Waals surface area contributed by atoms with Gasteiger partial charge in [-0.3, -0.25) is 0 Å². The summed E-state index contributed by atoms with van der Waals surface area (Å²) in [6.07, 6.45) is 14.4. The van der Waals surface area contributed by atoms with Crippen molar-refractivity contribution < 1.29 is 29.3 Å². The van der Waals surface area contributed by atoms with Gasteiger partial charge in [0.25, 0.3) is 0 Å². The second-order valence-electron chi connectivity index (χ2n) is 10.3. The minimum absolute atomic E-state index is 0.172. The van der Waals surface area contributed by atoms with Crippen molar-refractivity contribution in [2.45, 2.75) is 64.2 Å². The molecule has 0 aromatic heterocycles. The first-order valence-electron chi connectivity index (χ1n) is 14.8. The standard InChI is InChI=1S/C36H42O6/c1-3-5-7-9-11-13-23-41-29-19-21-31(35(37)38)33(25-29)27-15-17-28(18-16-27)34-26-30(20-22-32(34)36(39)40)42-24-14-12-10-8-6-4-2/h3-4,15-22,25-26H,1-2,5-14,23-24H2,(H,37,38)(H,39,40). The zero-order chi connectivity index (χ0) is 30.2. The molecule has 0 atom stereocenters. The van der Waals surface area contributed by atoms with Crippen LogP contribution in [0, 0.1) is 0 Å². The maximum Gasteiger partial charge on any atom is 0.336 e. The maximum absolute atomic E-state index is 12.0. The third kappa shape index (κ3) is 9.95. The van der Waals surface area contributed by atoms with Gasteiger partial charge in [-0.15, -0.1) is 13.2 Å². The van der Waals surface area contributed by atoms with E-state index in [2.05, 4.69) is 13.2 Å². The van der Waals surface area contributed by atoms with Gasteiger partial charge in [0.15, 0.2) is 0 Å². The minimum Gasteiger partial charge on any atom is -0.494 e. The highest BCUT2D eigenvalue weighted by molar-refractivity contribution is 5.98. The van der Waals surface area contributed by atoms with Crippen molar-refractivity contribution in [3.8, 4) is 33.8 Å². The van der Waals surface area contributed by atoms with Crippen LogP contribution in [0.15, 0.2) is 86.0 Å². The lowest BCUT2D eigenvalue weighted by molar-refractivity contribution is 0.0686. The Morgan fingerprint density at radius 1 is 0.571 bits per heavy atom. The van der Waals surface area contributed by atoms with Crippen molar-refractivity contribution in [1.29, 1.82) is 0 Å². The summed E-state index contributed by atoms with van der Waals surface area (Å²) < 4.78 is 11.9.